The van der Waals surface area contributed by atoms with Crippen LogP contribution in [0.1, 0.15) is 29.8 Å². The van der Waals surface area contributed by atoms with Crippen LogP contribution in [0.3, 0.4) is 0 Å². The lowest BCUT2D eigenvalue weighted by Crippen LogP contribution is -2.37. The summed E-state index contributed by atoms with van der Waals surface area (Å²) in [6, 6.07) is 5.75. The van der Waals surface area contributed by atoms with Crippen LogP contribution < -0.4 is 4.90 Å². The van der Waals surface area contributed by atoms with E-state index in [0.717, 1.165) is 30.8 Å². The van der Waals surface area contributed by atoms with Crippen LogP contribution in [-0.2, 0) is 11.2 Å². The molecule has 2 rings (SSSR count). The number of hydrogen-bond acceptors (Lipinski definition) is 3. The summed E-state index contributed by atoms with van der Waals surface area (Å²) in [6.45, 7) is 5.53. The van der Waals surface area contributed by atoms with E-state index in [9.17, 15) is 9.59 Å². The lowest BCUT2D eigenvalue weighted by atomic mass is 10.1. The molecule has 1 aliphatic rings. The molecule has 1 heterocycles. The summed E-state index contributed by atoms with van der Waals surface area (Å²) in [6.07, 6.45) is 0.902. The first-order valence-corrected chi connectivity index (χ1v) is 6.65. The standard InChI is InChI=1S/C15H20N2O2/c1-4-16(3)15(19)10-17-8-7-13-9-12(11(2)18)5-6-14(13)17/h5-6,9H,4,7-8,10H2,1-3H3. The number of amides is 1. The van der Waals surface area contributed by atoms with Crippen LogP contribution in [0.2, 0.25) is 0 Å². The van der Waals surface area contributed by atoms with Gasteiger partial charge in [0.25, 0.3) is 0 Å². The highest BCUT2D eigenvalue weighted by molar-refractivity contribution is 5.95. The van der Waals surface area contributed by atoms with Crippen molar-refractivity contribution in [2.45, 2.75) is 20.3 Å². The minimum atomic E-state index is 0.0862. The predicted molar refractivity (Wildman–Crippen MR) is 75.7 cm³/mol. The van der Waals surface area contributed by atoms with Crippen molar-refractivity contribution in [3.8, 4) is 0 Å². The van der Waals surface area contributed by atoms with Gasteiger partial charge < -0.3 is 9.80 Å². The molecular formula is C15H20N2O2. The summed E-state index contributed by atoms with van der Waals surface area (Å²) in [5.41, 5.74) is 3.00. The van der Waals surface area contributed by atoms with Crippen LogP contribution in [0.25, 0.3) is 0 Å². The number of benzene rings is 1. The maximum absolute atomic E-state index is 11.9. The van der Waals surface area contributed by atoms with Crippen molar-refractivity contribution in [3.05, 3.63) is 29.3 Å². The fraction of sp³-hybridized carbons (Fsp3) is 0.467. The molecule has 0 fully saturated rings. The number of Topliss-reactive ketones (excluding diaryl/α,β-unsaturated/α-hetero) is 1. The minimum Gasteiger partial charge on any atom is -0.362 e. The lowest BCUT2D eigenvalue weighted by molar-refractivity contribution is -0.128. The number of carbonyl (C=O) groups excluding carboxylic acids is 2. The largest absolute Gasteiger partial charge is 0.362 e. The average Bonchev–Trinajstić information content (AvgIpc) is 2.80. The topological polar surface area (TPSA) is 40.6 Å². The number of likely N-dealkylation sites (N-methyl/N-ethyl adjacent to an activating group) is 1. The van der Waals surface area contributed by atoms with E-state index in [2.05, 4.69) is 4.90 Å². The van der Waals surface area contributed by atoms with E-state index in [-0.39, 0.29) is 11.7 Å². The van der Waals surface area contributed by atoms with Gasteiger partial charge in [0.2, 0.25) is 5.91 Å². The Morgan fingerprint density at radius 2 is 2.11 bits per heavy atom. The number of ketones is 1. The second-order valence-corrected chi connectivity index (χ2v) is 4.98. The number of anilines is 1. The van der Waals surface area contributed by atoms with Crippen LogP contribution in [0.5, 0.6) is 0 Å². The molecule has 0 bridgehead atoms. The molecule has 19 heavy (non-hydrogen) atoms. The Morgan fingerprint density at radius 3 is 2.74 bits per heavy atom. The molecule has 1 aromatic carbocycles. The van der Waals surface area contributed by atoms with Crippen molar-refractivity contribution in [1.82, 2.24) is 4.90 Å². The van der Waals surface area contributed by atoms with Gasteiger partial charge in [0.15, 0.2) is 5.78 Å². The van der Waals surface area contributed by atoms with Crippen LogP contribution >= 0.6 is 0 Å². The van der Waals surface area contributed by atoms with E-state index in [4.69, 9.17) is 0 Å². The highest BCUT2D eigenvalue weighted by atomic mass is 16.2. The Kier molecular flexibility index (Phi) is 3.88. The normalized spacial score (nSPS) is 13.3. The first-order valence-electron chi connectivity index (χ1n) is 6.65. The van der Waals surface area contributed by atoms with Crippen molar-refractivity contribution in [2.75, 3.05) is 31.6 Å². The van der Waals surface area contributed by atoms with Crippen molar-refractivity contribution < 1.29 is 9.59 Å². The van der Waals surface area contributed by atoms with Gasteiger partial charge in [-0.1, -0.05) is 0 Å². The maximum Gasteiger partial charge on any atom is 0.241 e. The monoisotopic (exact) mass is 260 g/mol. The fourth-order valence-corrected chi connectivity index (χ4v) is 2.31. The third kappa shape index (κ3) is 2.78. The zero-order valence-electron chi connectivity index (χ0n) is 11.8. The Balaban J connectivity index is 2.14. The van der Waals surface area contributed by atoms with E-state index in [1.165, 1.54) is 5.56 Å². The molecule has 0 saturated heterocycles. The zero-order chi connectivity index (χ0) is 14.0. The molecule has 0 unspecified atom stereocenters. The Hall–Kier alpha value is -1.84. The van der Waals surface area contributed by atoms with Gasteiger partial charge >= 0.3 is 0 Å². The summed E-state index contributed by atoms with van der Waals surface area (Å²) in [4.78, 5) is 27.1. The average molecular weight is 260 g/mol. The van der Waals surface area contributed by atoms with Crippen molar-refractivity contribution in [2.24, 2.45) is 0 Å². The Morgan fingerprint density at radius 1 is 1.37 bits per heavy atom. The van der Waals surface area contributed by atoms with E-state index in [0.29, 0.717) is 6.54 Å². The van der Waals surface area contributed by atoms with Crippen LogP contribution in [-0.4, -0.2) is 43.3 Å². The lowest BCUT2D eigenvalue weighted by Gasteiger charge is -2.22. The van der Waals surface area contributed by atoms with Crippen LogP contribution in [0, 0.1) is 0 Å². The van der Waals surface area contributed by atoms with E-state index >= 15 is 0 Å². The summed E-state index contributed by atoms with van der Waals surface area (Å²) >= 11 is 0. The molecule has 1 aromatic rings. The van der Waals surface area contributed by atoms with Gasteiger partial charge in [-0.2, -0.15) is 0 Å². The molecule has 0 spiro atoms. The molecular weight excluding hydrogens is 240 g/mol. The Bertz CT molecular complexity index is 511. The van der Waals surface area contributed by atoms with E-state index < -0.39 is 0 Å². The van der Waals surface area contributed by atoms with E-state index in [1.807, 2.05) is 32.2 Å². The number of rotatable bonds is 4. The molecule has 0 aliphatic carbocycles. The van der Waals surface area contributed by atoms with Gasteiger partial charge in [-0.25, -0.2) is 0 Å². The first kappa shape index (κ1) is 13.6. The van der Waals surface area contributed by atoms with Gasteiger partial charge in [0, 0.05) is 31.4 Å². The van der Waals surface area contributed by atoms with Gasteiger partial charge in [-0.05, 0) is 44.0 Å². The zero-order valence-corrected chi connectivity index (χ0v) is 11.8. The summed E-state index contributed by atoms with van der Waals surface area (Å²) < 4.78 is 0. The van der Waals surface area contributed by atoms with Crippen molar-refractivity contribution >= 4 is 17.4 Å². The van der Waals surface area contributed by atoms with E-state index in [1.54, 1.807) is 11.8 Å². The molecule has 4 heteroatoms. The molecule has 1 amide bonds. The summed E-state index contributed by atoms with van der Waals surface area (Å²) in [5.74, 6) is 0.217. The molecule has 0 aromatic heterocycles. The number of fused-ring (bicyclic) bond motifs is 1. The number of nitrogens with zero attached hydrogens (tertiary/aromatic N) is 2. The number of carbonyl (C=O) groups is 2. The highest BCUT2D eigenvalue weighted by Gasteiger charge is 2.22. The smallest absolute Gasteiger partial charge is 0.241 e. The quantitative estimate of drug-likeness (QED) is 0.774. The molecule has 1 aliphatic heterocycles. The van der Waals surface area contributed by atoms with Gasteiger partial charge in [0.1, 0.15) is 0 Å². The minimum absolute atomic E-state index is 0.0862. The number of hydrogen-bond donors (Lipinski definition) is 0. The van der Waals surface area contributed by atoms with Crippen LogP contribution in [0.4, 0.5) is 5.69 Å². The third-order valence-corrected chi connectivity index (χ3v) is 3.70. The predicted octanol–water partition coefficient (Wildman–Crippen LogP) is 1.73. The Labute approximate surface area is 114 Å². The molecule has 0 saturated carbocycles. The second-order valence-electron chi connectivity index (χ2n) is 4.98. The summed E-state index contributed by atoms with van der Waals surface area (Å²) in [5, 5.41) is 0. The molecule has 0 radical (unpaired) electrons. The molecule has 0 N–H and O–H groups in total. The summed E-state index contributed by atoms with van der Waals surface area (Å²) in [7, 11) is 1.82. The first-order chi connectivity index (χ1) is 9.02. The SMILES string of the molecule is CCN(C)C(=O)CN1CCc2cc(C(C)=O)ccc21. The van der Waals surface area contributed by atoms with Gasteiger partial charge in [0.05, 0.1) is 6.54 Å². The molecule has 102 valence electrons. The van der Waals surface area contributed by atoms with Crippen LogP contribution in [0.15, 0.2) is 18.2 Å². The fourth-order valence-electron chi connectivity index (χ4n) is 2.31. The van der Waals surface area contributed by atoms with Gasteiger partial charge in [-0.3, -0.25) is 9.59 Å². The van der Waals surface area contributed by atoms with Gasteiger partial charge in [-0.15, -0.1) is 0 Å². The highest BCUT2D eigenvalue weighted by Crippen LogP contribution is 2.28. The maximum atomic E-state index is 11.9. The molecule has 4 nitrogen and oxygen atoms in total. The third-order valence-electron chi connectivity index (χ3n) is 3.70. The van der Waals surface area contributed by atoms with Crippen molar-refractivity contribution in [1.29, 1.82) is 0 Å². The molecule has 0 atom stereocenters. The second kappa shape index (κ2) is 5.43. The van der Waals surface area contributed by atoms with Crippen molar-refractivity contribution in [3.63, 3.8) is 0 Å².